The minimum absolute atomic E-state index is 0.112. The van der Waals surface area contributed by atoms with Crippen molar-refractivity contribution in [2.45, 2.75) is 39.7 Å². The number of nitrogens with two attached hydrogens (primary N) is 1. The Labute approximate surface area is 124 Å². The summed E-state index contributed by atoms with van der Waals surface area (Å²) in [5.41, 5.74) is 10.3. The molecule has 3 rings (SSSR count). The lowest BCUT2D eigenvalue weighted by molar-refractivity contribution is 0.278. The van der Waals surface area contributed by atoms with Crippen LogP contribution in [0.4, 0.5) is 0 Å². The predicted molar refractivity (Wildman–Crippen MR) is 82.3 cm³/mol. The maximum absolute atomic E-state index is 6.35. The van der Waals surface area contributed by atoms with Crippen molar-refractivity contribution in [2.24, 2.45) is 11.1 Å². The third kappa shape index (κ3) is 2.25. The second-order valence-electron chi connectivity index (χ2n) is 6.51. The van der Waals surface area contributed by atoms with Gasteiger partial charge < -0.3 is 10.3 Å². The van der Waals surface area contributed by atoms with Gasteiger partial charge in [-0.15, -0.1) is 0 Å². The maximum atomic E-state index is 6.35. The van der Waals surface area contributed by atoms with Crippen LogP contribution < -0.4 is 5.73 Å². The standard InChI is InChI=1S/C16H20ClN3/c1-10-6-12-13(18)7-16(2,3)8-14(12)20(10)15-5-4-11(17)9-19-15/h4-6,9,13H,7-8,18H2,1-3H3. The van der Waals surface area contributed by atoms with Gasteiger partial charge in [0.15, 0.2) is 0 Å². The average molecular weight is 290 g/mol. The molecular weight excluding hydrogens is 270 g/mol. The highest BCUT2D eigenvalue weighted by Gasteiger charge is 2.33. The molecule has 2 N–H and O–H groups in total. The molecule has 0 aliphatic heterocycles. The van der Waals surface area contributed by atoms with Gasteiger partial charge in [0, 0.05) is 23.6 Å². The van der Waals surface area contributed by atoms with Gasteiger partial charge >= 0.3 is 0 Å². The molecule has 0 fully saturated rings. The van der Waals surface area contributed by atoms with Crippen LogP contribution in [0.5, 0.6) is 0 Å². The summed E-state index contributed by atoms with van der Waals surface area (Å²) in [6.07, 6.45) is 3.74. The topological polar surface area (TPSA) is 43.8 Å². The smallest absolute Gasteiger partial charge is 0.137 e. The molecule has 3 nitrogen and oxygen atoms in total. The van der Waals surface area contributed by atoms with E-state index >= 15 is 0 Å². The minimum atomic E-state index is 0.112. The summed E-state index contributed by atoms with van der Waals surface area (Å²) >= 11 is 5.93. The Morgan fingerprint density at radius 1 is 1.40 bits per heavy atom. The fourth-order valence-corrected chi connectivity index (χ4v) is 3.38. The van der Waals surface area contributed by atoms with E-state index < -0.39 is 0 Å². The molecule has 0 aromatic carbocycles. The van der Waals surface area contributed by atoms with E-state index in [1.165, 1.54) is 17.0 Å². The molecule has 1 aliphatic carbocycles. The summed E-state index contributed by atoms with van der Waals surface area (Å²) in [6.45, 7) is 6.66. The highest BCUT2D eigenvalue weighted by atomic mass is 35.5. The minimum Gasteiger partial charge on any atom is -0.324 e. The van der Waals surface area contributed by atoms with Gasteiger partial charge in [-0.05, 0) is 48.9 Å². The van der Waals surface area contributed by atoms with E-state index in [1.54, 1.807) is 6.20 Å². The van der Waals surface area contributed by atoms with Gasteiger partial charge in [0.1, 0.15) is 5.82 Å². The summed E-state index contributed by atoms with van der Waals surface area (Å²) in [7, 11) is 0. The van der Waals surface area contributed by atoms with Gasteiger partial charge in [-0.1, -0.05) is 25.4 Å². The van der Waals surface area contributed by atoms with Gasteiger partial charge in [-0.2, -0.15) is 0 Å². The monoisotopic (exact) mass is 289 g/mol. The average Bonchev–Trinajstić information content (AvgIpc) is 2.66. The molecule has 1 unspecified atom stereocenters. The maximum Gasteiger partial charge on any atom is 0.137 e. The Hall–Kier alpha value is -1.32. The van der Waals surface area contributed by atoms with E-state index in [1.807, 2.05) is 12.1 Å². The molecule has 1 atom stereocenters. The zero-order valence-corrected chi connectivity index (χ0v) is 12.9. The van der Waals surface area contributed by atoms with Crippen molar-refractivity contribution in [1.29, 1.82) is 0 Å². The highest BCUT2D eigenvalue weighted by molar-refractivity contribution is 6.30. The summed E-state index contributed by atoms with van der Waals surface area (Å²) in [6, 6.07) is 6.15. The van der Waals surface area contributed by atoms with Crippen LogP contribution in [-0.2, 0) is 6.42 Å². The Bertz CT molecular complexity index is 640. The van der Waals surface area contributed by atoms with Crippen molar-refractivity contribution in [3.63, 3.8) is 0 Å². The number of hydrogen-bond acceptors (Lipinski definition) is 2. The van der Waals surface area contributed by atoms with Gasteiger partial charge in [0.25, 0.3) is 0 Å². The summed E-state index contributed by atoms with van der Waals surface area (Å²) in [4.78, 5) is 4.45. The number of halogens is 1. The second-order valence-corrected chi connectivity index (χ2v) is 6.95. The van der Waals surface area contributed by atoms with Crippen LogP contribution in [0.2, 0.25) is 5.02 Å². The zero-order chi connectivity index (χ0) is 14.5. The molecule has 0 saturated carbocycles. The Morgan fingerprint density at radius 2 is 2.15 bits per heavy atom. The lowest BCUT2D eigenvalue weighted by Gasteiger charge is -2.34. The number of fused-ring (bicyclic) bond motifs is 1. The largest absolute Gasteiger partial charge is 0.324 e. The van der Waals surface area contributed by atoms with Crippen LogP contribution in [0, 0.1) is 12.3 Å². The third-order valence-electron chi connectivity index (χ3n) is 4.08. The Balaban J connectivity index is 2.16. The SMILES string of the molecule is Cc1cc2c(n1-c1ccc(Cl)cn1)CC(C)(C)CC2N. The molecule has 2 heterocycles. The molecule has 20 heavy (non-hydrogen) atoms. The van der Waals surface area contributed by atoms with Crippen molar-refractivity contribution in [3.05, 3.63) is 46.4 Å². The fourth-order valence-electron chi connectivity index (χ4n) is 3.27. The van der Waals surface area contributed by atoms with E-state index in [0.717, 1.165) is 18.7 Å². The van der Waals surface area contributed by atoms with Crippen LogP contribution >= 0.6 is 11.6 Å². The molecule has 4 heteroatoms. The summed E-state index contributed by atoms with van der Waals surface area (Å²) in [5, 5.41) is 0.657. The van der Waals surface area contributed by atoms with Gasteiger partial charge in [0.05, 0.1) is 5.02 Å². The number of hydrogen-bond donors (Lipinski definition) is 1. The Kier molecular flexibility index (Phi) is 3.14. The van der Waals surface area contributed by atoms with Gasteiger partial charge in [-0.3, -0.25) is 0 Å². The quantitative estimate of drug-likeness (QED) is 0.867. The van der Waals surface area contributed by atoms with Crippen LogP contribution in [0.25, 0.3) is 5.82 Å². The van der Waals surface area contributed by atoms with E-state index in [0.29, 0.717) is 5.02 Å². The van der Waals surface area contributed by atoms with Crippen LogP contribution in [0.15, 0.2) is 24.4 Å². The van der Waals surface area contributed by atoms with Crippen molar-refractivity contribution < 1.29 is 0 Å². The van der Waals surface area contributed by atoms with Gasteiger partial charge in [0.2, 0.25) is 0 Å². The molecular formula is C16H20ClN3. The van der Waals surface area contributed by atoms with Crippen molar-refractivity contribution >= 4 is 11.6 Å². The molecule has 0 radical (unpaired) electrons. The molecule has 2 aromatic rings. The van der Waals surface area contributed by atoms with Gasteiger partial charge in [-0.25, -0.2) is 4.98 Å². The highest BCUT2D eigenvalue weighted by Crippen LogP contribution is 2.41. The van der Waals surface area contributed by atoms with Crippen LogP contribution in [-0.4, -0.2) is 9.55 Å². The molecule has 0 spiro atoms. The molecule has 0 bridgehead atoms. The predicted octanol–water partition coefficient (Wildman–Crippen LogP) is 3.81. The van der Waals surface area contributed by atoms with E-state index in [-0.39, 0.29) is 11.5 Å². The molecule has 0 saturated heterocycles. The van der Waals surface area contributed by atoms with Crippen LogP contribution in [0.3, 0.4) is 0 Å². The molecule has 2 aromatic heterocycles. The summed E-state index contributed by atoms with van der Waals surface area (Å²) < 4.78 is 2.21. The van der Waals surface area contributed by atoms with E-state index in [9.17, 15) is 0 Å². The summed E-state index contributed by atoms with van der Waals surface area (Å²) in [5.74, 6) is 0.915. The normalized spacial score (nSPS) is 20.8. The van der Waals surface area contributed by atoms with Crippen molar-refractivity contribution in [2.75, 3.05) is 0 Å². The van der Waals surface area contributed by atoms with Crippen LogP contribution in [0.1, 0.15) is 43.3 Å². The van der Waals surface area contributed by atoms with E-state index in [2.05, 4.69) is 36.4 Å². The first-order valence-corrected chi connectivity index (χ1v) is 7.34. The first-order chi connectivity index (χ1) is 9.37. The van der Waals surface area contributed by atoms with E-state index in [4.69, 9.17) is 17.3 Å². The molecule has 0 amide bonds. The Morgan fingerprint density at radius 3 is 2.80 bits per heavy atom. The first kappa shape index (κ1) is 13.7. The molecule has 1 aliphatic rings. The van der Waals surface area contributed by atoms with Crippen molar-refractivity contribution in [3.8, 4) is 5.82 Å². The zero-order valence-electron chi connectivity index (χ0n) is 12.2. The fraction of sp³-hybridized carbons (Fsp3) is 0.438. The van der Waals surface area contributed by atoms with Crippen molar-refractivity contribution in [1.82, 2.24) is 9.55 Å². The third-order valence-corrected chi connectivity index (χ3v) is 4.30. The second kappa shape index (κ2) is 4.61. The lowest BCUT2D eigenvalue weighted by atomic mass is 9.74. The lowest BCUT2D eigenvalue weighted by Crippen LogP contribution is -2.30. The number of pyridine rings is 1. The number of nitrogens with zero attached hydrogens (tertiary/aromatic N) is 2. The number of aryl methyl sites for hydroxylation is 1. The first-order valence-electron chi connectivity index (χ1n) is 6.96. The number of rotatable bonds is 1. The number of aromatic nitrogens is 2. The molecule has 106 valence electrons.